The predicted molar refractivity (Wildman–Crippen MR) is 94.2 cm³/mol. The summed E-state index contributed by atoms with van der Waals surface area (Å²) in [5.41, 5.74) is 2.60. The van der Waals surface area contributed by atoms with Crippen molar-refractivity contribution in [2.45, 2.75) is 45.9 Å². The second-order valence-electron chi connectivity index (χ2n) is 6.62. The van der Waals surface area contributed by atoms with Gasteiger partial charge in [0.05, 0.1) is 11.8 Å². The standard InChI is InChI=1S/C19H25N3O3/c1-14-10-15(2)22(20-14)13-19(24)21(12-17-7-5-9-25-17)11-16-6-3-4-8-18(16)23/h3-4,6,8,10,17,23H,5,7,9,11-13H2,1-2H3/t17-/m0/s1. The Hall–Kier alpha value is -2.34. The van der Waals surface area contributed by atoms with E-state index in [1.807, 2.05) is 32.0 Å². The summed E-state index contributed by atoms with van der Waals surface area (Å²) >= 11 is 0. The third kappa shape index (κ3) is 4.39. The smallest absolute Gasteiger partial charge is 0.244 e. The van der Waals surface area contributed by atoms with Crippen molar-refractivity contribution in [3.05, 3.63) is 47.3 Å². The van der Waals surface area contributed by atoms with Crippen molar-refractivity contribution in [3.8, 4) is 5.75 Å². The minimum Gasteiger partial charge on any atom is -0.508 e. The van der Waals surface area contributed by atoms with Crippen LogP contribution < -0.4 is 0 Å². The Balaban J connectivity index is 1.75. The van der Waals surface area contributed by atoms with E-state index in [4.69, 9.17) is 4.74 Å². The predicted octanol–water partition coefficient (Wildman–Crippen LogP) is 2.41. The second kappa shape index (κ2) is 7.70. The van der Waals surface area contributed by atoms with Crippen molar-refractivity contribution < 1.29 is 14.6 Å². The maximum atomic E-state index is 12.9. The van der Waals surface area contributed by atoms with Gasteiger partial charge in [0, 0.05) is 31.0 Å². The van der Waals surface area contributed by atoms with Crippen LogP contribution in [0.2, 0.25) is 0 Å². The molecule has 0 saturated carbocycles. The molecule has 1 N–H and O–H groups in total. The molecule has 1 saturated heterocycles. The first-order valence-electron chi connectivity index (χ1n) is 8.70. The molecule has 2 aromatic rings. The fourth-order valence-corrected chi connectivity index (χ4v) is 3.20. The topological polar surface area (TPSA) is 67.6 Å². The maximum absolute atomic E-state index is 12.9. The Morgan fingerprint density at radius 1 is 1.40 bits per heavy atom. The first-order chi connectivity index (χ1) is 12.0. The molecule has 0 spiro atoms. The van der Waals surface area contributed by atoms with Crippen molar-refractivity contribution in [2.75, 3.05) is 13.2 Å². The molecule has 0 radical (unpaired) electrons. The highest BCUT2D eigenvalue weighted by molar-refractivity contribution is 5.76. The molecular formula is C19H25N3O3. The molecule has 134 valence electrons. The molecular weight excluding hydrogens is 318 g/mol. The van der Waals surface area contributed by atoms with Gasteiger partial charge in [-0.2, -0.15) is 5.10 Å². The van der Waals surface area contributed by atoms with Gasteiger partial charge >= 0.3 is 0 Å². The van der Waals surface area contributed by atoms with Gasteiger partial charge in [-0.25, -0.2) is 0 Å². The lowest BCUT2D eigenvalue weighted by Crippen LogP contribution is -2.39. The summed E-state index contributed by atoms with van der Waals surface area (Å²) < 4.78 is 7.43. The van der Waals surface area contributed by atoms with Crippen molar-refractivity contribution in [3.63, 3.8) is 0 Å². The van der Waals surface area contributed by atoms with Crippen LogP contribution in [0.3, 0.4) is 0 Å². The van der Waals surface area contributed by atoms with Crippen LogP contribution in [0.15, 0.2) is 30.3 Å². The number of nitrogens with zero attached hydrogens (tertiary/aromatic N) is 3. The second-order valence-corrected chi connectivity index (χ2v) is 6.62. The molecule has 3 rings (SSSR count). The number of ether oxygens (including phenoxy) is 1. The number of aromatic hydroxyl groups is 1. The Labute approximate surface area is 148 Å². The summed E-state index contributed by atoms with van der Waals surface area (Å²) in [5, 5.41) is 14.4. The molecule has 1 aromatic heterocycles. The van der Waals surface area contributed by atoms with Crippen LogP contribution in [-0.2, 0) is 22.6 Å². The number of hydrogen-bond donors (Lipinski definition) is 1. The van der Waals surface area contributed by atoms with Gasteiger partial charge in [0.2, 0.25) is 5.91 Å². The van der Waals surface area contributed by atoms with E-state index in [0.717, 1.165) is 36.4 Å². The lowest BCUT2D eigenvalue weighted by molar-refractivity contribution is -0.134. The Bertz CT molecular complexity index is 735. The van der Waals surface area contributed by atoms with Crippen LogP contribution in [0.5, 0.6) is 5.75 Å². The molecule has 0 aliphatic carbocycles. The van der Waals surface area contributed by atoms with Gasteiger partial charge in [-0.3, -0.25) is 9.48 Å². The van der Waals surface area contributed by atoms with Crippen molar-refractivity contribution >= 4 is 5.91 Å². The van der Waals surface area contributed by atoms with Crippen LogP contribution in [-0.4, -0.2) is 44.9 Å². The minimum atomic E-state index is -0.0232. The number of hydrogen-bond acceptors (Lipinski definition) is 4. The van der Waals surface area contributed by atoms with E-state index in [1.54, 1.807) is 21.7 Å². The van der Waals surface area contributed by atoms with Gasteiger partial charge in [0.15, 0.2) is 0 Å². The summed E-state index contributed by atoms with van der Waals surface area (Å²) in [6.07, 6.45) is 2.06. The monoisotopic (exact) mass is 343 g/mol. The summed E-state index contributed by atoms with van der Waals surface area (Å²) in [7, 11) is 0. The molecule has 2 heterocycles. The van der Waals surface area contributed by atoms with Crippen molar-refractivity contribution in [2.24, 2.45) is 0 Å². The molecule has 0 bridgehead atoms. The van der Waals surface area contributed by atoms with Crippen LogP contribution in [0.1, 0.15) is 29.8 Å². The number of phenolic OH excluding ortho intramolecular Hbond substituents is 1. The zero-order valence-electron chi connectivity index (χ0n) is 14.8. The highest BCUT2D eigenvalue weighted by Gasteiger charge is 2.24. The number of phenols is 1. The summed E-state index contributed by atoms with van der Waals surface area (Å²) in [6.45, 7) is 5.71. The van der Waals surface area contributed by atoms with E-state index in [2.05, 4.69) is 5.10 Å². The van der Waals surface area contributed by atoms with Gasteiger partial charge in [-0.15, -0.1) is 0 Å². The van der Waals surface area contributed by atoms with E-state index in [9.17, 15) is 9.90 Å². The summed E-state index contributed by atoms with van der Waals surface area (Å²) in [5.74, 6) is 0.184. The SMILES string of the molecule is Cc1cc(C)n(CC(=O)N(Cc2ccccc2O)C[C@@H]2CCCO2)n1. The molecule has 1 amide bonds. The number of carbonyl (C=O) groups excluding carboxylic acids is 1. The minimum absolute atomic E-state index is 0.0232. The summed E-state index contributed by atoms with van der Waals surface area (Å²) in [6, 6.07) is 9.09. The molecule has 1 atom stereocenters. The normalized spacial score (nSPS) is 17.0. The van der Waals surface area contributed by atoms with Crippen LogP contribution in [0.25, 0.3) is 0 Å². The number of benzene rings is 1. The van der Waals surface area contributed by atoms with Gasteiger partial charge in [-0.1, -0.05) is 18.2 Å². The fourth-order valence-electron chi connectivity index (χ4n) is 3.20. The highest BCUT2D eigenvalue weighted by atomic mass is 16.5. The zero-order valence-corrected chi connectivity index (χ0v) is 14.8. The van der Waals surface area contributed by atoms with Gasteiger partial charge in [0.1, 0.15) is 12.3 Å². The Kier molecular flexibility index (Phi) is 5.38. The average Bonchev–Trinajstić information content (AvgIpc) is 3.18. The lowest BCUT2D eigenvalue weighted by atomic mass is 10.1. The van der Waals surface area contributed by atoms with E-state index in [-0.39, 0.29) is 24.3 Å². The largest absolute Gasteiger partial charge is 0.508 e. The van der Waals surface area contributed by atoms with Crippen LogP contribution >= 0.6 is 0 Å². The number of amides is 1. The van der Waals surface area contributed by atoms with Crippen molar-refractivity contribution in [1.29, 1.82) is 0 Å². The van der Waals surface area contributed by atoms with Gasteiger partial charge in [-0.05, 0) is 38.8 Å². The molecule has 1 fully saturated rings. The maximum Gasteiger partial charge on any atom is 0.244 e. The van der Waals surface area contributed by atoms with Crippen LogP contribution in [0, 0.1) is 13.8 Å². The van der Waals surface area contributed by atoms with Crippen LogP contribution in [0.4, 0.5) is 0 Å². The quantitative estimate of drug-likeness (QED) is 0.875. The van der Waals surface area contributed by atoms with Gasteiger partial charge < -0.3 is 14.7 Å². The number of aryl methyl sites for hydroxylation is 2. The zero-order chi connectivity index (χ0) is 17.8. The average molecular weight is 343 g/mol. The molecule has 25 heavy (non-hydrogen) atoms. The lowest BCUT2D eigenvalue weighted by Gasteiger charge is -2.26. The Morgan fingerprint density at radius 3 is 2.84 bits per heavy atom. The number of para-hydroxylation sites is 1. The molecule has 1 aromatic carbocycles. The molecule has 6 heteroatoms. The van der Waals surface area contributed by atoms with E-state index in [1.165, 1.54) is 0 Å². The first-order valence-corrected chi connectivity index (χ1v) is 8.70. The first kappa shape index (κ1) is 17.5. The molecule has 1 aliphatic rings. The van der Waals surface area contributed by atoms with E-state index >= 15 is 0 Å². The molecule has 0 unspecified atom stereocenters. The fraction of sp³-hybridized carbons (Fsp3) is 0.474. The number of carbonyl (C=O) groups is 1. The molecule has 1 aliphatic heterocycles. The third-order valence-electron chi connectivity index (χ3n) is 4.54. The van der Waals surface area contributed by atoms with Gasteiger partial charge in [0.25, 0.3) is 0 Å². The van der Waals surface area contributed by atoms with E-state index < -0.39 is 0 Å². The molecule has 6 nitrogen and oxygen atoms in total. The number of rotatable bonds is 6. The highest BCUT2D eigenvalue weighted by Crippen LogP contribution is 2.20. The van der Waals surface area contributed by atoms with Crippen molar-refractivity contribution in [1.82, 2.24) is 14.7 Å². The Morgan fingerprint density at radius 2 is 2.20 bits per heavy atom. The van der Waals surface area contributed by atoms with E-state index in [0.29, 0.717) is 13.1 Å². The number of aromatic nitrogens is 2. The summed E-state index contributed by atoms with van der Waals surface area (Å²) in [4.78, 5) is 14.7. The third-order valence-corrected chi connectivity index (χ3v) is 4.54.